The number of rotatable bonds is 16. The van der Waals surface area contributed by atoms with E-state index in [-0.39, 0.29) is 60.4 Å². The van der Waals surface area contributed by atoms with Gasteiger partial charge in [0.2, 0.25) is 0 Å². The van der Waals surface area contributed by atoms with Crippen LogP contribution in [0.1, 0.15) is 86.9 Å². The predicted molar refractivity (Wildman–Crippen MR) is 135 cm³/mol. The monoisotopic (exact) mass is 539 g/mol. The van der Waals surface area contributed by atoms with Gasteiger partial charge in [0.15, 0.2) is 5.25 Å². The van der Waals surface area contributed by atoms with Gasteiger partial charge in [0, 0.05) is 0 Å². The molecule has 0 heterocycles. The Kier molecular flexibility index (Phi) is 25.7. The van der Waals surface area contributed by atoms with Crippen LogP contribution in [-0.4, -0.2) is 47.7 Å². The van der Waals surface area contributed by atoms with Gasteiger partial charge in [0.1, 0.15) is 4.32 Å². The van der Waals surface area contributed by atoms with Crippen LogP contribution in [0.2, 0.25) is 0 Å². The van der Waals surface area contributed by atoms with Crippen molar-refractivity contribution in [3.63, 3.8) is 0 Å². The fraction of sp³-hybridized carbons (Fsp3) is 0.857. The van der Waals surface area contributed by atoms with Gasteiger partial charge >= 0.3 is 41.5 Å². The van der Waals surface area contributed by atoms with Crippen molar-refractivity contribution in [2.24, 2.45) is 17.6 Å². The van der Waals surface area contributed by atoms with Gasteiger partial charge in [-0.25, -0.2) is 0 Å². The van der Waals surface area contributed by atoms with Gasteiger partial charge in [0.25, 0.3) is 10.1 Å². The molecule has 0 saturated heterocycles. The number of carbonyl (C=O) groups is 2. The molecule has 0 aromatic heterocycles. The maximum absolute atomic E-state index is 12.2. The Labute approximate surface area is 234 Å². The van der Waals surface area contributed by atoms with Crippen LogP contribution < -0.4 is 35.3 Å². The van der Waals surface area contributed by atoms with Gasteiger partial charge in [-0.15, -0.1) is 12.6 Å². The molecule has 0 spiro atoms. The third-order valence-electron chi connectivity index (χ3n) is 5.00. The summed E-state index contributed by atoms with van der Waals surface area (Å²) in [4.78, 5) is 24.2. The van der Waals surface area contributed by atoms with E-state index in [1.807, 2.05) is 13.8 Å². The quantitative estimate of drug-likeness (QED) is 0.0876. The zero-order valence-corrected chi connectivity index (χ0v) is 25.3. The van der Waals surface area contributed by atoms with Crippen LogP contribution in [0.25, 0.3) is 0 Å². The van der Waals surface area contributed by atoms with E-state index in [0.717, 1.165) is 51.4 Å². The molecule has 0 fully saturated rings. The van der Waals surface area contributed by atoms with Crippen molar-refractivity contribution in [3.05, 3.63) is 0 Å². The summed E-state index contributed by atoms with van der Waals surface area (Å²) in [5.41, 5.74) is 4.71. The van der Waals surface area contributed by atoms with Crippen LogP contribution in [0.4, 0.5) is 0 Å². The number of ether oxygens (including phenoxy) is 2. The van der Waals surface area contributed by atoms with Gasteiger partial charge in [-0.3, -0.25) is 14.1 Å². The smallest absolute Gasteiger partial charge is 1.00 e. The molecule has 0 amide bonds. The second-order valence-electron chi connectivity index (χ2n) is 7.69. The molecular formula is C21H42NNaO7S3. The Morgan fingerprint density at radius 3 is 1.73 bits per heavy atom. The molecule has 192 valence electrons. The van der Waals surface area contributed by atoms with Crippen LogP contribution in [-0.2, 0) is 29.2 Å². The number of esters is 2. The summed E-state index contributed by atoms with van der Waals surface area (Å²) in [6.45, 7) is 8.35. The number of thiocarbonyl (C=S) groups is 1. The zero-order valence-electron chi connectivity index (χ0n) is 21.7. The van der Waals surface area contributed by atoms with Crippen LogP contribution in [0.15, 0.2) is 0 Å². The maximum atomic E-state index is 12.2. The molecule has 8 nitrogen and oxygen atoms in total. The summed E-state index contributed by atoms with van der Waals surface area (Å²) in [6, 6.07) is 0. The second-order valence-corrected chi connectivity index (χ2v) is 10.5. The normalized spacial score (nSPS) is 13.4. The van der Waals surface area contributed by atoms with E-state index in [1.165, 1.54) is 0 Å². The average Bonchev–Trinajstić information content (AvgIpc) is 2.70. The van der Waals surface area contributed by atoms with E-state index >= 15 is 0 Å². The summed E-state index contributed by atoms with van der Waals surface area (Å²) in [5.74, 6) is -1.61. The second kappa shape index (κ2) is 22.5. The molecule has 0 aliphatic carbocycles. The van der Waals surface area contributed by atoms with Crippen molar-refractivity contribution in [1.29, 1.82) is 0 Å². The molecule has 0 rings (SSSR count). The summed E-state index contributed by atoms with van der Waals surface area (Å²) in [5, 5.41) is -1.95. The Morgan fingerprint density at radius 2 is 1.39 bits per heavy atom. The summed E-state index contributed by atoms with van der Waals surface area (Å²) >= 11 is 7.65. The zero-order chi connectivity index (χ0) is 25.2. The first-order chi connectivity index (χ1) is 14.9. The van der Waals surface area contributed by atoms with Crippen LogP contribution in [0.5, 0.6) is 0 Å². The number of unbranched alkanes of at least 4 members (excludes halogenated alkanes) is 2. The standard InChI is InChI=1S/C20H38O7S.CH3NS2.Na.H/c1-5-9-11-16(7-3)14-26-19(21)13-18(28(23,24)25)20(22)27-15-17(8-4)12-10-6-2;2-1(3)4;;/h16-18H,5-15H2,1-4H3,(H,23,24,25);(H3,2,3,4);;/q;;+1;-1. The molecule has 0 aromatic carbocycles. The van der Waals surface area contributed by atoms with Crippen molar-refractivity contribution in [3.8, 4) is 0 Å². The van der Waals surface area contributed by atoms with Gasteiger partial charge in [0.05, 0.1) is 19.6 Å². The number of hydrogen-bond acceptors (Lipinski definition) is 7. The topological polar surface area (TPSA) is 133 Å². The van der Waals surface area contributed by atoms with Crippen molar-refractivity contribution in [2.75, 3.05) is 13.2 Å². The molecule has 33 heavy (non-hydrogen) atoms. The minimum atomic E-state index is -4.76. The molecule has 3 N–H and O–H groups in total. The molecule has 0 saturated carbocycles. The van der Waals surface area contributed by atoms with Crippen molar-refractivity contribution >= 4 is 51.2 Å². The average molecular weight is 540 g/mol. The summed E-state index contributed by atoms with van der Waals surface area (Å²) < 4.78 is 43.0. The first-order valence-electron chi connectivity index (χ1n) is 11.2. The molecular weight excluding hydrogens is 497 g/mol. The largest absolute Gasteiger partial charge is 1.00 e. The Hall–Kier alpha value is 0.0900. The minimum absolute atomic E-state index is 0. The molecule has 0 aromatic rings. The minimum Gasteiger partial charge on any atom is -1.00 e. The molecule has 0 bridgehead atoms. The van der Waals surface area contributed by atoms with E-state index in [0.29, 0.717) is 0 Å². The Morgan fingerprint density at radius 1 is 1.00 bits per heavy atom. The first kappa shape index (κ1) is 37.6. The van der Waals surface area contributed by atoms with Gasteiger partial charge in [-0.05, 0) is 24.7 Å². The molecule has 3 unspecified atom stereocenters. The van der Waals surface area contributed by atoms with E-state index in [1.54, 1.807) is 0 Å². The Balaban J connectivity index is -0.000000690. The van der Waals surface area contributed by atoms with Gasteiger partial charge in [-0.2, -0.15) is 8.42 Å². The number of thiol groups is 1. The molecule has 0 aliphatic rings. The van der Waals surface area contributed by atoms with Crippen LogP contribution >= 0.6 is 24.8 Å². The third-order valence-corrected chi connectivity index (χ3v) is 6.08. The van der Waals surface area contributed by atoms with E-state index in [9.17, 15) is 22.6 Å². The first-order valence-corrected chi connectivity index (χ1v) is 13.5. The fourth-order valence-corrected chi connectivity index (χ4v) is 3.48. The number of hydrogen-bond donors (Lipinski definition) is 3. The summed E-state index contributed by atoms with van der Waals surface area (Å²) in [6.07, 6.45) is 6.74. The predicted octanol–water partition coefficient (Wildman–Crippen LogP) is 1.43. The Bertz CT molecular complexity index is 650. The molecule has 0 aliphatic heterocycles. The maximum Gasteiger partial charge on any atom is 1.00 e. The van der Waals surface area contributed by atoms with E-state index < -0.39 is 33.7 Å². The SMILES string of the molecule is CCCCC(CC)COC(=O)CC(C(=O)OCC(CC)CCCC)S(=O)(=O)O.NC(=S)S.[H-].[Na+]. The van der Waals surface area contributed by atoms with Gasteiger partial charge in [-0.1, -0.05) is 78.4 Å². The van der Waals surface area contributed by atoms with E-state index in [4.69, 9.17) is 15.2 Å². The third kappa shape index (κ3) is 22.3. The molecule has 3 atom stereocenters. The molecule has 0 radical (unpaired) electrons. The van der Waals surface area contributed by atoms with Crippen LogP contribution in [0, 0.1) is 11.8 Å². The van der Waals surface area contributed by atoms with E-state index in [2.05, 4.69) is 38.7 Å². The number of carbonyl (C=O) groups excluding carboxylic acids is 2. The molecule has 12 heteroatoms. The summed E-state index contributed by atoms with van der Waals surface area (Å²) in [7, 11) is -4.76. The van der Waals surface area contributed by atoms with Crippen molar-refractivity contribution in [2.45, 2.75) is 90.7 Å². The fourth-order valence-electron chi connectivity index (χ4n) is 2.82. The van der Waals surface area contributed by atoms with Crippen molar-refractivity contribution < 1.29 is 63.0 Å². The van der Waals surface area contributed by atoms with Gasteiger partial charge < -0.3 is 16.6 Å². The van der Waals surface area contributed by atoms with Crippen LogP contribution in [0.3, 0.4) is 0 Å². The van der Waals surface area contributed by atoms with Crippen molar-refractivity contribution in [1.82, 2.24) is 0 Å². The number of nitrogens with two attached hydrogens (primary N) is 1.